The quantitative estimate of drug-likeness (QED) is 0.624. The molecule has 0 bridgehead atoms. The van der Waals surface area contributed by atoms with E-state index in [2.05, 4.69) is 21.2 Å². The van der Waals surface area contributed by atoms with Gasteiger partial charge in [-0.2, -0.15) is 5.26 Å². The maximum Gasteiger partial charge on any atom is 0.266 e. The fraction of sp³-hybridized carbons (Fsp3) is 0.111. The molecule has 0 heterocycles. The summed E-state index contributed by atoms with van der Waals surface area (Å²) in [5, 5.41) is 21.5. The van der Waals surface area contributed by atoms with Crippen LogP contribution in [0.2, 0.25) is 0 Å². The zero-order chi connectivity index (χ0) is 17.0. The molecule has 0 saturated carbocycles. The van der Waals surface area contributed by atoms with E-state index < -0.39 is 5.91 Å². The van der Waals surface area contributed by atoms with Crippen LogP contribution in [0.5, 0.6) is 5.75 Å². The fourth-order valence-electron chi connectivity index (χ4n) is 2.07. The summed E-state index contributed by atoms with van der Waals surface area (Å²) in [6.45, 7) is 3.87. The number of phenolic OH excluding ortho intramolecular Hbond substituents is 1. The molecule has 0 atom stereocenters. The number of nitriles is 1. The first-order valence-electron chi connectivity index (χ1n) is 6.89. The second-order valence-corrected chi connectivity index (χ2v) is 6.01. The topological polar surface area (TPSA) is 73.1 Å². The number of hydrogen-bond donors (Lipinski definition) is 2. The number of aromatic hydroxyl groups is 1. The van der Waals surface area contributed by atoms with E-state index in [9.17, 15) is 15.2 Å². The lowest BCUT2D eigenvalue weighted by Gasteiger charge is -2.08. The number of nitrogens with one attached hydrogen (secondary N) is 1. The molecule has 23 heavy (non-hydrogen) atoms. The Labute approximate surface area is 143 Å². The van der Waals surface area contributed by atoms with E-state index in [0.717, 1.165) is 11.1 Å². The van der Waals surface area contributed by atoms with Gasteiger partial charge in [0.25, 0.3) is 5.91 Å². The van der Waals surface area contributed by atoms with Crippen LogP contribution in [0.1, 0.15) is 16.7 Å². The number of carbonyl (C=O) groups excluding carboxylic acids is 1. The molecule has 2 aromatic carbocycles. The summed E-state index contributed by atoms with van der Waals surface area (Å²) in [7, 11) is 0. The highest BCUT2D eigenvalue weighted by molar-refractivity contribution is 9.10. The number of rotatable bonds is 3. The second kappa shape index (κ2) is 7.12. The van der Waals surface area contributed by atoms with Gasteiger partial charge in [-0.3, -0.25) is 4.79 Å². The third kappa shape index (κ3) is 4.21. The van der Waals surface area contributed by atoms with E-state index in [1.54, 1.807) is 12.1 Å². The minimum atomic E-state index is -0.469. The number of hydrogen-bond acceptors (Lipinski definition) is 3. The maximum absolute atomic E-state index is 12.3. The highest BCUT2D eigenvalue weighted by Crippen LogP contribution is 2.25. The number of nitrogens with zero attached hydrogens (tertiary/aromatic N) is 1. The van der Waals surface area contributed by atoms with Crippen LogP contribution >= 0.6 is 15.9 Å². The smallest absolute Gasteiger partial charge is 0.266 e. The molecule has 0 aliphatic heterocycles. The van der Waals surface area contributed by atoms with Crippen molar-refractivity contribution < 1.29 is 9.90 Å². The van der Waals surface area contributed by atoms with E-state index in [1.165, 1.54) is 12.1 Å². The van der Waals surface area contributed by atoms with Crippen LogP contribution in [0.25, 0.3) is 6.08 Å². The molecule has 0 fully saturated rings. The molecule has 4 nitrogen and oxygen atoms in total. The van der Waals surface area contributed by atoms with Gasteiger partial charge >= 0.3 is 0 Å². The molecule has 0 spiro atoms. The third-order valence-electron chi connectivity index (χ3n) is 3.28. The summed E-state index contributed by atoms with van der Waals surface area (Å²) in [4.78, 5) is 12.3. The molecule has 0 saturated heterocycles. The first-order chi connectivity index (χ1) is 10.9. The summed E-state index contributed by atoms with van der Waals surface area (Å²) < 4.78 is 0.498. The van der Waals surface area contributed by atoms with Crippen molar-refractivity contribution >= 4 is 33.6 Å². The lowest BCUT2D eigenvalue weighted by atomic mass is 10.1. The lowest BCUT2D eigenvalue weighted by Crippen LogP contribution is -2.14. The molecule has 116 valence electrons. The highest BCUT2D eigenvalue weighted by atomic mass is 79.9. The highest BCUT2D eigenvalue weighted by Gasteiger charge is 2.11. The van der Waals surface area contributed by atoms with Gasteiger partial charge in [0.2, 0.25) is 0 Å². The van der Waals surface area contributed by atoms with Crippen LogP contribution in [0, 0.1) is 25.2 Å². The van der Waals surface area contributed by atoms with Crippen LogP contribution in [0.15, 0.2) is 46.4 Å². The van der Waals surface area contributed by atoms with Gasteiger partial charge in [-0.25, -0.2) is 0 Å². The lowest BCUT2D eigenvalue weighted by molar-refractivity contribution is -0.112. The first-order valence-corrected chi connectivity index (χ1v) is 7.69. The molecule has 5 heteroatoms. The predicted octanol–water partition coefficient (Wildman–Crippen LogP) is 4.32. The maximum atomic E-state index is 12.3. The summed E-state index contributed by atoms with van der Waals surface area (Å²) in [5.41, 5.74) is 3.34. The zero-order valence-corrected chi connectivity index (χ0v) is 14.3. The number of amides is 1. The summed E-state index contributed by atoms with van der Waals surface area (Å²) >= 11 is 3.20. The van der Waals surface area contributed by atoms with Crippen LogP contribution in [0.4, 0.5) is 5.69 Å². The van der Waals surface area contributed by atoms with Crippen molar-refractivity contribution in [2.75, 3.05) is 5.32 Å². The Balaban J connectivity index is 2.26. The Bertz CT molecular complexity index is 835. The molecule has 0 aliphatic carbocycles. The molecule has 0 aromatic heterocycles. The first kappa shape index (κ1) is 16.8. The van der Waals surface area contributed by atoms with Crippen molar-refractivity contribution in [3.63, 3.8) is 0 Å². The molecule has 2 aromatic rings. The van der Waals surface area contributed by atoms with Crippen LogP contribution < -0.4 is 5.32 Å². The largest absolute Gasteiger partial charge is 0.507 e. The third-order valence-corrected chi connectivity index (χ3v) is 3.91. The Hall–Kier alpha value is -2.58. The van der Waals surface area contributed by atoms with Crippen molar-refractivity contribution in [2.45, 2.75) is 13.8 Å². The van der Waals surface area contributed by atoms with E-state index in [0.29, 0.717) is 15.7 Å². The van der Waals surface area contributed by atoms with Gasteiger partial charge in [-0.15, -0.1) is 0 Å². The standard InChI is InChI=1S/C18H15BrN2O2/c1-11-3-5-16(12(2)7-11)21-18(23)14(10-20)8-13-4-6-17(22)15(19)9-13/h3-9,22H,1-2H3,(H,21,23)/b14-8-. The molecular weight excluding hydrogens is 356 g/mol. The van der Waals surface area contributed by atoms with Gasteiger partial charge in [0.05, 0.1) is 4.47 Å². The molecular formula is C18H15BrN2O2. The van der Waals surface area contributed by atoms with Crippen LogP contribution in [-0.4, -0.2) is 11.0 Å². The van der Waals surface area contributed by atoms with Gasteiger partial charge in [-0.1, -0.05) is 23.8 Å². The number of anilines is 1. The number of benzene rings is 2. The Kier molecular flexibility index (Phi) is 5.20. The van der Waals surface area contributed by atoms with E-state index in [4.69, 9.17) is 0 Å². The van der Waals surface area contributed by atoms with Crippen molar-refractivity contribution in [1.29, 1.82) is 5.26 Å². The van der Waals surface area contributed by atoms with Crippen molar-refractivity contribution in [3.05, 3.63) is 63.1 Å². The Morgan fingerprint density at radius 3 is 2.61 bits per heavy atom. The second-order valence-electron chi connectivity index (χ2n) is 5.15. The molecule has 0 unspecified atom stereocenters. The fourth-order valence-corrected chi connectivity index (χ4v) is 2.47. The van der Waals surface area contributed by atoms with E-state index in [1.807, 2.05) is 38.1 Å². The van der Waals surface area contributed by atoms with Gasteiger partial charge in [-0.05, 0) is 65.2 Å². The number of halogens is 1. The Morgan fingerprint density at radius 2 is 2.00 bits per heavy atom. The van der Waals surface area contributed by atoms with Crippen LogP contribution in [0.3, 0.4) is 0 Å². The number of phenols is 1. The van der Waals surface area contributed by atoms with Crippen molar-refractivity contribution in [1.82, 2.24) is 0 Å². The number of aryl methyl sites for hydroxylation is 2. The van der Waals surface area contributed by atoms with Gasteiger partial charge < -0.3 is 10.4 Å². The molecule has 1 amide bonds. The zero-order valence-electron chi connectivity index (χ0n) is 12.7. The predicted molar refractivity (Wildman–Crippen MR) is 93.9 cm³/mol. The summed E-state index contributed by atoms with van der Waals surface area (Å²) in [5.74, 6) is -0.371. The van der Waals surface area contributed by atoms with Crippen LogP contribution in [-0.2, 0) is 4.79 Å². The minimum Gasteiger partial charge on any atom is -0.507 e. The average Bonchev–Trinajstić information content (AvgIpc) is 2.51. The molecule has 0 aliphatic rings. The molecule has 0 radical (unpaired) electrons. The number of carbonyl (C=O) groups is 1. The SMILES string of the molecule is Cc1ccc(NC(=O)/C(C#N)=C\c2ccc(O)c(Br)c2)c(C)c1. The van der Waals surface area contributed by atoms with Crippen molar-refractivity contribution in [3.8, 4) is 11.8 Å². The normalized spacial score (nSPS) is 11.0. The van der Waals surface area contributed by atoms with E-state index in [-0.39, 0.29) is 11.3 Å². The minimum absolute atomic E-state index is 0.0115. The summed E-state index contributed by atoms with van der Waals surface area (Å²) in [6, 6.07) is 12.3. The average molecular weight is 371 g/mol. The summed E-state index contributed by atoms with van der Waals surface area (Å²) in [6.07, 6.45) is 1.48. The molecule has 2 N–H and O–H groups in total. The van der Waals surface area contributed by atoms with Gasteiger partial charge in [0, 0.05) is 5.69 Å². The van der Waals surface area contributed by atoms with Crippen molar-refractivity contribution in [2.24, 2.45) is 0 Å². The molecule has 2 rings (SSSR count). The monoisotopic (exact) mass is 370 g/mol. The van der Waals surface area contributed by atoms with Gasteiger partial charge in [0.15, 0.2) is 0 Å². The van der Waals surface area contributed by atoms with E-state index >= 15 is 0 Å². The van der Waals surface area contributed by atoms with Gasteiger partial charge in [0.1, 0.15) is 17.4 Å². The Morgan fingerprint density at radius 1 is 1.26 bits per heavy atom.